The van der Waals surface area contributed by atoms with Gasteiger partial charge in [-0.15, -0.1) is 0 Å². The van der Waals surface area contributed by atoms with E-state index < -0.39 is 0 Å². The number of benzene rings is 1. The normalized spacial score (nSPS) is 11.7. The minimum atomic E-state index is -0.342. The molecule has 19 heavy (non-hydrogen) atoms. The van der Waals surface area contributed by atoms with Crippen molar-refractivity contribution in [2.75, 3.05) is 32.5 Å². The Morgan fingerprint density at radius 3 is 2.53 bits per heavy atom. The monoisotopic (exact) mass is 265 g/mol. The van der Waals surface area contributed by atoms with Crippen LogP contribution in [0.3, 0.4) is 0 Å². The first-order chi connectivity index (χ1) is 8.71. The van der Waals surface area contributed by atoms with E-state index >= 15 is 0 Å². The predicted octanol–water partition coefficient (Wildman–Crippen LogP) is 2.90. The van der Waals surface area contributed by atoms with E-state index in [2.05, 4.69) is 24.1 Å². The van der Waals surface area contributed by atoms with Crippen molar-refractivity contribution in [3.05, 3.63) is 33.9 Å². The zero-order valence-electron chi connectivity index (χ0n) is 12.4. The van der Waals surface area contributed by atoms with Crippen LogP contribution in [0.15, 0.2) is 18.2 Å². The van der Waals surface area contributed by atoms with Gasteiger partial charge in [0.1, 0.15) is 0 Å². The van der Waals surface area contributed by atoms with Crippen molar-refractivity contribution in [2.45, 2.75) is 20.8 Å². The van der Waals surface area contributed by atoms with Gasteiger partial charge in [-0.1, -0.05) is 19.9 Å². The second-order valence-corrected chi connectivity index (χ2v) is 6.01. The predicted molar refractivity (Wildman–Crippen MR) is 78.7 cm³/mol. The molecule has 0 saturated carbocycles. The molecule has 0 heterocycles. The minimum Gasteiger partial charge on any atom is -0.384 e. The first kappa shape index (κ1) is 15.4. The molecule has 0 aliphatic carbocycles. The van der Waals surface area contributed by atoms with Gasteiger partial charge in [0.2, 0.25) is 0 Å². The Morgan fingerprint density at radius 2 is 2.00 bits per heavy atom. The summed E-state index contributed by atoms with van der Waals surface area (Å²) in [5.41, 5.74) is 1.74. The Morgan fingerprint density at radius 1 is 1.37 bits per heavy atom. The maximum Gasteiger partial charge on any atom is 0.274 e. The van der Waals surface area contributed by atoms with E-state index in [0.717, 1.165) is 18.8 Å². The highest BCUT2D eigenvalue weighted by Gasteiger charge is 2.19. The third-order valence-electron chi connectivity index (χ3n) is 2.92. The van der Waals surface area contributed by atoms with Crippen LogP contribution in [-0.2, 0) is 0 Å². The highest BCUT2D eigenvalue weighted by Crippen LogP contribution is 2.24. The average molecular weight is 265 g/mol. The smallest absolute Gasteiger partial charge is 0.274 e. The van der Waals surface area contributed by atoms with E-state index in [1.54, 1.807) is 19.1 Å². The summed E-state index contributed by atoms with van der Waals surface area (Å²) in [5, 5.41) is 14.2. The van der Waals surface area contributed by atoms with Gasteiger partial charge in [0, 0.05) is 30.4 Å². The number of anilines is 1. The molecule has 0 aliphatic rings. The van der Waals surface area contributed by atoms with Crippen LogP contribution in [0.4, 0.5) is 11.4 Å². The molecule has 0 spiro atoms. The Kier molecular flexibility index (Phi) is 4.89. The minimum absolute atomic E-state index is 0.100. The Labute approximate surface area is 114 Å². The number of hydrogen-bond donors (Lipinski definition) is 1. The van der Waals surface area contributed by atoms with Crippen LogP contribution < -0.4 is 5.32 Å². The lowest BCUT2D eigenvalue weighted by molar-refractivity contribution is -0.385. The average Bonchev–Trinajstić information content (AvgIpc) is 2.26. The first-order valence-corrected chi connectivity index (χ1v) is 6.35. The standard InChI is InChI=1S/C14H23N3O2/c1-11-6-7-12(8-13(11)17(18)19)15-9-14(2,3)10-16(4)5/h6-8,15H,9-10H2,1-5H3. The van der Waals surface area contributed by atoms with Gasteiger partial charge in [-0.2, -0.15) is 0 Å². The fourth-order valence-electron chi connectivity index (χ4n) is 2.17. The SMILES string of the molecule is Cc1ccc(NCC(C)(C)CN(C)C)cc1[N+](=O)[O-]. The lowest BCUT2D eigenvalue weighted by Gasteiger charge is -2.28. The molecule has 5 nitrogen and oxygen atoms in total. The summed E-state index contributed by atoms with van der Waals surface area (Å²) in [6.45, 7) is 7.81. The van der Waals surface area contributed by atoms with E-state index in [1.807, 2.05) is 20.2 Å². The highest BCUT2D eigenvalue weighted by molar-refractivity contribution is 5.54. The highest BCUT2D eigenvalue weighted by atomic mass is 16.6. The van der Waals surface area contributed by atoms with Gasteiger partial charge in [0.15, 0.2) is 0 Å². The van der Waals surface area contributed by atoms with Crippen LogP contribution in [0.1, 0.15) is 19.4 Å². The summed E-state index contributed by atoms with van der Waals surface area (Å²) in [7, 11) is 4.08. The number of nitrogens with zero attached hydrogens (tertiary/aromatic N) is 2. The van der Waals surface area contributed by atoms with E-state index in [9.17, 15) is 10.1 Å². The summed E-state index contributed by atoms with van der Waals surface area (Å²) >= 11 is 0. The maximum atomic E-state index is 10.9. The van der Waals surface area contributed by atoms with Crippen LogP contribution in [-0.4, -0.2) is 37.0 Å². The van der Waals surface area contributed by atoms with Crippen LogP contribution in [0.25, 0.3) is 0 Å². The molecule has 106 valence electrons. The largest absolute Gasteiger partial charge is 0.384 e. The third kappa shape index (κ3) is 4.87. The summed E-state index contributed by atoms with van der Waals surface area (Å²) < 4.78 is 0. The Bertz CT molecular complexity index is 456. The molecule has 5 heteroatoms. The van der Waals surface area contributed by atoms with Crippen LogP contribution in [0.2, 0.25) is 0 Å². The fourth-order valence-corrected chi connectivity index (χ4v) is 2.17. The first-order valence-electron chi connectivity index (χ1n) is 6.35. The molecule has 0 amide bonds. The Balaban J connectivity index is 2.73. The fraction of sp³-hybridized carbons (Fsp3) is 0.571. The van der Waals surface area contributed by atoms with E-state index in [4.69, 9.17) is 0 Å². The molecule has 0 saturated heterocycles. The van der Waals surface area contributed by atoms with Gasteiger partial charge in [-0.05, 0) is 32.5 Å². The summed E-state index contributed by atoms with van der Waals surface area (Å²) in [4.78, 5) is 12.7. The number of aryl methyl sites for hydroxylation is 1. The second-order valence-electron chi connectivity index (χ2n) is 6.01. The molecule has 0 fully saturated rings. The van der Waals surface area contributed by atoms with Crippen molar-refractivity contribution in [1.82, 2.24) is 4.90 Å². The van der Waals surface area contributed by atoms with Gasteiger partial charge in [0.25, 0.3) is 5.69 Å². The van der Waals surface area contributed by atoms with Gasteiger partial charge in [0.05, 0.1) is 4.92 Å². The quantitative estimate of drug-likeness (QED) is 0.634. The molecule has 0 aromatic heterocycles. The summed E-state index contributed by atoms with van der Waals surface area (Å²) in [6.07, 6.45) is 0. The van der Waals surface area contributed by atoms with Crippen molar-refractivity contribution in [1.29, 1.82) is 0 Å². The third-order valence-corrected chi connectivity index (χ3v) is 2.92. The van der Waals surface area contributed by atoms with Gasteiger partial charge in [-0.25, -0.2) is 0 Å². The van der Waals surface area contributed by atoms with Crippen molar-refractivity contribution >= 4 is 11.4 Å². The number of nitro benzene ring substituents is 1. The molecular weight excluding hydrogens is 242 g/mol. The Hall–Kier alpha value is -1.62. The lowest BCUT2D eigenvalue weighted by Crippen LogP contribution is -2.34. The molecule has 0 radical (unpaired) electrons. The molecule has 0 aliphatic heterocycles. The van der Waals surface area contributed by atoms with Gasteiger partial charge < -0.3 is 10.2 Å². The van der Waals surface area contributed by atoms with Crippen LogP contribution >= 0.6 is 0 Å². The molecule has 1 aromatic carbocycles. The van der Waals surface area contributed by atoms with E-state index in [1.165, 1.54) is 0 Å². The molecule has 0 unspecified atom stereocenters. The molecule has 1 aromatic rings. The topological polar surface area (TPSA) is 58.4 Å². The van der Waals surface area contributed by atoms with Crippen molar-refractivity contribution in [3.63, 3.8) is 0 Å². The van der Waals surface area contributed by atoms with E-state index in [-0.39, 0.29) is 16.0 Å². The maximum absolute atomic E-state index is 10.9. The number of nitrogens with one attached hydrogen (secondary N) is 1. The molecule has 0 bridgehead atoms. The zero-order chi connectivity index (χ0) is 14.6. The van der Waals surface area contributed by atoms with Crippen LogP contribution in [0, 0.1) is 22.5 Å². The molecule has 1 N–H and O–H groups in total. The molecule has 0 atom stereocenters. The number of rotatable bonds is 6. The lowest BCUT2D eigenvalue weighted by atomic mass is 9.93. The number of hydrogen-bond acceptors (Lipinski definition) is 4. The van der Waals surface area contributed by atoms with Gasteiger partial charge in [-0.3, -0.25) is 10.1 Å². The second kappa shape index (κ2) is 6.02. The van der Waals surface area contributed by atoms with E-state index in [0.29, 0.717) is 5.56 Å². The molecular formula is C14H23N3O2. The zero-order valence-corrected chi connectivity index (χ0v) is 12.4. The van der Waals surface area contributed by atoms with Crippen molar-refractivity contribution < 1.29 is 4.92 Å². The van der Waals surface area contributed by atoms with Crippen molar-refractivity contribution in [3.8, 4) is 0 Å². The summed E-state index contributed by atoms with van der Waals surface area (Å²) in [6, 6.07) is 5.26. The number of nitro groups is 1. The van der Waals surface area contributed by atoms with Crippen LogP contribution in [0.5, 0.6) is 0 Å². The van der Waals surface area contributed by atoms with Gasteiger partial charge >= 0.3 is 0 Å². The van der Waals surface area contributed by atoms with Crippen molar-refractivity contribution in [2.24, 2.45) is 5.41 Å². The summed E-state index contributed by atoms with van der Waals surface area (Å²) in [5.74, 6) is 0. The molecule has 1 rings (SSSR count).